The van der Waals surface area contributed by atoms with Gasteiger partial charge < -0.3 is 15.2 Å². The Bertz CT molecular complexity index is 661. The lowest BCUT2D eigenvalue weighted by atomic mass is 10.0. The minimum absolute atomic E-state index is 0.146. The van der Waals surface area contributed by atoms with Gasteiger partial charge in [-0.15, -0.1) is 11.3 Å². The van der Waals surface area contributed by atoms with Crippen molar-refractivity contribution >= 4 is 11.3 Å². The van der Waals surface area contributed by atoms with E-state index in [1.165, 1.54) is 20.9 Å². The number of fused-ring (bicyclic) bond motifs is 1. The second-order valence-corrected chi connectivity index (χ2v) is 7.41. The third-order valence-corrected chi connectivity index (χ3v) is 4.83. The van der Waals surface area contributed by atoms with Gasteiger partial charge in [0.2, 0.25) is 0 Å². The molecule has 0 bridgehead atoms. The van der Waals surface area contributed by atoms with Crippen LogP contribution >= 0.6 is 11.3 Å². The molecule has 2 aromatic rings. The summed E-state index contributed by atoms with van der Waals surface area (Å²) in [7, 11) is 0. The van der Waals surface area contributed by atoms with Crippen molar-refractivity contribution in [2.45, 2.75) is 45.9 Å². The molecule has 1 aliphatic heterocycles. The van der Waals surface area contributed by atoms with Gasteiger partial charge in [0, 0.05) is 33.8 Å². The van der Waals surface area contributed by atoms with Crippen LogP contribution in [0.3, 0.4) is 0 Å². The highest BCUT2D eigenvalue weighted by Crippen LogP contribution is 2.42. The zero-order valence-electron chi connectivity index (χ0n) is 12.7. The van der Waals surface area contributed by atoms with E-state index < -0.39 is 0 Å². The highest BCUT2D eigenvalue weighted by molar-refractivity contribution is 7.12. The summed E-state index contributed by atoms with van der Waals surface area (Å²) in [6.07, 6.45) is 0.925. The molecule has 1 aromatic carbocycles. The normalized spacial score (nSPS) is 15.6. The minimum Gasteiger partial charge on any atom is -0.485 e. The van der Waals surface area contributed by atoms with Crippen LogP contribution in [0.5, 0.6) is 11.5 Å². The van der Waals surface area contributed by atoms with E-state index in [1.807, 2.05) is 12.1 Å². The Morgan fingerprint density at radius 2 is 2.19 bits per heavy atom. The van der Waals surface area contributed by atoms with Gasteiger partial charge in [-0.05, 0) is 32.9 Å². The summed E-state index contributed by atoms with van der Waals surface area (Å²) in [5.74, 6) is 1.73. The fourth-order valence-electron chi connectivity index (χ4n) is 2.69. The van der Waals surface area contributed by atoms with Crippen molar-refractivity contribution in [3.8, 4) is 11.5 Å². The van der Waals surface area contributed by atoms with E-state index in [-0.39, 0.29) is 5.60 Å². The molecule has 112 valence electrons. The Labute approximate surface area is 129 Å². The lowest BCUT2D eigenvalue weighted by Gasteiger charge is -2.18. The lowest BCUT2D eigenvalue weighted by molar-refractivity contribution is 0.131. The second kappa shape index (κ2) is 5.35. The van der Waals surface area contributed by atoms with Gasteiger partial charge in [0.05, 0.1) is 0 Å². The standard InChI is InChI=1S/C17H21NO2S/c1-11-13(7-14(9-18)21-11)10-19-15-6-4-5-12-8-17(2,3)20-16(12)15/h4-7H,8-10,18H2,1-3H3. The van der Waals surface area contributed by atoms with Gasteiger partial charge in [-0.25, -0.2) is 0 Å². The van der Waals surface area contributed by atoms with E-state index in [1.54, 1.807) is 11.3 Å². The first-order chi connectivity index (χ1) is 9.98. The zero-order chi connectivity index (χ0) is 15.0. The fourth-order valence-corrected chi connectivity index (χ4v) is 3.61. The van der Waals surface area contributed by atoms with Crippen LogP contribution in [0.2, 0.25) is 0 Å². The molecule has 0 spiro atoms. The molecular weight excluding hydrogens is 282 g/mol. The number of hydrogen-bond donors (Lipinski definition) is 1. The number of benzene rings is 1. The minimum atomic E-state index is -0.146. The van der Waals surface area contributed by atoms with Gasteiger partial charge in [-0.3, -0.25) is 0 Å². The monoisotopic (exact) mass is 303 g/mol. The number of hydrogen-bond acceptors (Lipinski definition) is 4. The summed E-state index contributed by atoms with van der Waals surface area (Å²) in [6.45, 7) is 7.46. The molecule has 4 heteroatoms. The molecule has 0 radical (unpaired) electrons. The van der Waals surface area contributed by atoms with E-state index >= 15 is 0 Å². The van der Waals surface area contributed by atoms with E-state index in [0.717, 1.165) is 17.9 Å². The third-order valence-electron chi connectivity index (χ3n) is 3.71. The molecule has 0 atom stereocenters. The second-order valence-electron chi connectivity index (χ2n) is 6.07. The van der Waals surface area contributed by atoms with E-state index in [4.69, 9.17) is 15.2 Å². The Kier molecular flexibility index (Phi) is 3.68. The molecule has 2 N–H and O–H groups in total. The van der Waals surface area contributed by atoms with Gasteiger partial charge in [0.15, 0.2) is 11.5 Å². The van der Waals surface area contributed by atoms with Gasteiger partial charge >= 0.3 is 0 Å². The van der Waals surface area contributed by atoms with Crippen molar-refractivity contribution in [2.24, 2.45) is 5.73 Å². The first-order valence-corrected chi connectivity index (χ1v) is 8.02. The average Bonchev–Trinajstić information content (AvgIpc) is 2.94. The van der Waals surface area contributed by atoms with Crippen LogP contribution in [0, 0.1) is 6.92 Å². The van der Waals surface area contributed by atoms with E-state index in [9.17, 15) is 0 Å². The van der Waals surface area contributed by atoms with Gasteiger partial charge in [-0.1, -0.05) is 12.1 Å². The highest BCUT2D eigenvalue weighted by Gasteiger charge is 2.32. The maximum Gasteiger partial charge on any atom is 0.165 e. The largest absolute Gasteiger partial charge is 0.485 e. The van der Waals surface area contributed by atoms with Crippen LogP contribution in [0.15, 0.2) is 24.3 Å². The van der Waals surface area contributed by atoms with E-state index in [0.29, 0.717) is 13.2 Å². The topological polar surface area (TPSA) is 44.5 Å². The molecule has 3 nitrogen and oxygen atoms in total. The van der Waals surface area contributed by atoms with Crippen LogP contribution in [0.1, 0.15) is 34.7 Å². The molecule has 3 rings (SSSR count). The molecule has 0 fully saturated rings. The molecule has 21 heavy (non-hydrogen) atoms. The van der Waals surface area contributed by atoms with Crippen LogP contribution in [0.4, 0.5) is 0 Å². The number of thiophene rings is 1. The van der Waals surface area contributed by atoms with Crippen molar-refractivity contribution < 1.29 is 9.47 Å². The maximum atomic E-state index is 6.03. The lowest BCUT2D eigenvalue weighted by Crippen LogP contribution is -2.24. The summed E-state index contributed by atoms with van der Waals surface area (Å²) < 4.78 is 12.0. The Hall–Kier alpha value is -1.52. The Balaban J connectivity index is 1.78. The van der Waals surface area contributed by atoms with E-state index in [2.05, 4.69) is 32.9 Å². The molecule has 0 amide bonds. The van der Waals surface area contributed by atoms with Crippen LogP contribution in [-0.4, -0.2) is 5.60 Å². The summed E-state index contributed by atoms with van der Waals surface area (Å²) in [4.78, 5) is 2.46. The molecule has 2 heterocycles. The van der Waals surface area contributed by atoms with Crippen molar-refractivity contribution in [1.82, 2.24) is 0 Å². The number of ether oxygens (including phenoxy) is 2. The number of rotatable bonds is 4. The zero-order valence-corrected chi connectivity index (χ0v) is 13.5. The van der Waals surface area contributed by atoms with Crippen molar-refractivity contribution in [3.63, 3.8) is 0 Å². The molecular formula is C17H21NO2S. The molecule has 1 aromatic heterocycles. The molecule has 0 saturated carbocycles. The summed E-state index contributed by atoms with van der Waals surface area (Å²) >= 11 is 1.74. The Morgan fingerprint density at radius 1 is 1.38 bits per heavy atom. The van der Waals surface area contributed by atoms with Crippen LogP contribution < -0.4 is 15.2 Å². The van der Waals surface area contributed by atoms with Gasteiger partial charge in [-0.2, -0.15) is 0 Å². The summed E-state index contributed by atoms with van der Waals surface area (Å²) in [5.41, 5.74) is 7.97. The van der Waals surface area contributed by atoms with Gasteiger partial charge in [0.25, 0.3) is 0 Å². The van der Waals surface area contributed by atoms with Crippen LogP contribution in [-0.2, 0) is 19.6 Å². The van der Waals surface area contributed by atoms with Crippen molar-refractivity contribution in [3.05, 3.63) is 45.1 Å². The fraction of sp³-hybridized carbons (Fsp3) is 0.412. The number of para-hydroxylation sites is 1. The number of nitrogens with two attached hydrogens (primary N) is 1. The predicted octanol–water partition coefficient (Wildman–Crippen LogP) is 3.81. The Morgan fingerprint density at radius 3 is 2.90 bits per heavy atom. The SMILES string of the molecule is Cc1sc(CN)cc1COc1cccc2c1OC(C)(C)C2. The highest BCUT2D eigenvalue weighted by atomic mass is 32.1. The first kappa shape index (κ1) is 14.4. The third kappa shape index (κ3) is 2.92. The average molecular weight is 303 g/mol. The van der Waals surface area contributed by atoms with Crippen molar-refractivity contribution in [2.75, 3.05) is 0 Å². The number of aryl methyl sites for hydroxylation is 1. The quantitative estimate of drug-likeness (QED) is 0.934. The maximum absolute atomic E-state index is 6.03. The molecule has 0 aliphatic carbocycles. The predicted molar refractivity (Wildman–Crippen MR) is 86.1 cm³/mol. The van der Waals surface area contributed by atoms with Crippen LogP contribution in [0.25, 0.3) is 0 Å². The van der Waals surface area contributed by atoms with Crippen molar-refractivity contribution in [1.29, 1.82) is 0 Å². The first-order valence-electron chi connectivity index (χ1n) is 7.20. The smallest absolute Gasteiger partial charge is 0.165 e. The molecule has 0 saturated heterocycles. The van der Waals surface area contributed by atoms with Gasteiger partial charge in [0.1, 0.15) is 12.2 Å². The molecule has 0 unspecified atom stereocenters. The molecule has 1 aliphatic rings. The summed E-state index contributed by atoms with van der Waals surface area (Å²) in [5, 5.41) is 0. The summed E-state index contributed by atoms with van der Waals surface area (Å²) in [6, 6.07) is 8.25.